The molecule has 3 aromatic rings. The topological polar surface area (TPSA) is 37.9 Å². The van der Waals surface area contributed by atoms with Gasteiger partial charge in [-0.15, -0.1) is 0 Å². The molecule has 0 unspecified atom stereocenters. The van der Waals surface area contributed by atoms with E-state index in [1.165, 1.54) is 0 Å². The molecule has 112 valence electrons. The standard InChI is InChI=1S/C16H11Cl3N2O/c1-22-11-4-2-9(3-5-11)14-8-15(21-20-14)12-6-10(17)7-13(18)16(12)19/h2-8H,1H3,(H,20,21). The quantitative estimate of drug-likeness (QED) is 0.612. The number of benzene rings is 2. The van der Waals surface area contributed by atoms with Crippen molar-refractivity contribution in [2.75, 3.05) is 7.11 Å². The Morgan fingerprint density at radius 2 is 1.73 bits per heavy atom. The molecule has 0 amide bonds. The van der Waals surface area contributed by atoms with E-state index >= 15 is 0 Å². The molecule has 0 radical (unpaired) electrons. The molecule has 1 N–H and O–H groups in total. The maximum absolute atomic E-state index is 6.24. The first-order chi connectivity index (χ1) is 10.6. The summed E-state index contributed by atoms with van der Waals surface area (Å²) in [5.74, 6) is 0.796. The van der Waals surface area contributed by atoms with Crippen molar-refractivity contribution in [2.24, 2.45) is 0 Å². The number of hydrogen-bond acceptors (Lipinski definition) is 2. The summed E-state index contributed by atoms with van der Waals surface area (Å²) < 4.78 is 5.15. The summed E-state index contributed by atoms with van der Waals surface area (Å²) in [7, 11) is 1.63. The Morgan fingerprint density at radius 1 is 1.00 bits per heavy atom. The van der Waals surface area contributed by atoms with Gasteiger partial charge in [0.05, 0.1) is 28.5 Å². The lowest BCUT2D eigenvalue weighted by atomic mass is 10.1. The minimum Gasteiger partial charge on any atom is -0.497 e. The summed E-state index contributed by atoms with van der Waals surface area (Å²) in [5.41, 5.74) is 3.23. The van der Waals surface area contributed by atoms with E-state index in [0.29, 0.717) is 20.6 Å². The van der Waals surface area contributed by atoms with Gasteiger partial charge in [0.1, 0.15) is 5.75 Å². The van der Waals surface area contributed by atoms with Gasteiger partial charge in [-0.25, -0.2) is 0 Å². The fourth-order valence-electron chi connectivity index (χ4n) is 2.12. The number of aromatic nitrogens is 2. The average molecular weight is 354 g/mol. The van der Waals surface area contributed by atoms with Crippen molar-refractivity contribution >= 4 is 34.8 Å². The predicted octanol–water partition coefficient (Wildman–Crippen LogP) is 5.71. The zero-order valence-corrected chi connectivity index (χ0v) is 13.8. The fourth-order valence-corrected chi connectivity index (χ4v) is 2.83. The minimum absolute atomic E-state index is 0.407. The van der Waals surface area contributed by atoms with Crippen LogP contribution < -0.4 is 4.74 Å². The molecule has 0 saturated heterocycles. The lowest BCUT2D eigenvalue weighted by Gasteiger charge is -2.04. The van der Waals surface area contributed by atoms with Crippen LogP contribution in [0.15, 0.2) is 42.5 Å². The van der Waals surface area contributed by atoms with E-state index in [4.69, 9.17) is 39.5 Å². The van der Waals surface area contributed by atoms with Crippen LogP contribution in [0.4, 0.5) is 0 Å². The van der Waals surface area contributed by atoms with E-state index in [-0.39, 0.29) is 0 Å². The highest BCUT2D eigenvalue weighted by Gasteiger charge is 2.12. The maximum atomic E-state index is 6.24. The van der Waals surface area contributed by atoms with Crippen LogP contribution in [0.5, 0.6) is 5.75 Å². The molecule has 0 fully saturated rings. The van der Waals surface area contributed by atoms with Gasteiger partial charge in [0, 0.05) is 16.1 Å². The van der Waals surface area contributed by atoms with E-state index in [9.17, 15) is 0 Å². The summed E-state index contributed by atoms with van der Waals surface area (Å²) in [6.07, 6.45) is 0. The van der Waals surface area contributed by atoms with Gasteiger partial charge in [-0.05, 0) is 42.5 Å². The molecule has 0 aliphatic heterocycles. The minimum atomic E-state index is 0.407. The largest absolute Gasteiger partial charge is 0.497 e. The van der Waals surface area contributed by atoms with Crippen LogP contribution in [-0.4, -0.2) is 17.3 Å². The molecule has 0 bridgehead atoms. The molecule has 0 saturated carbocycles. The molecule has 1 heterocycles. The number of hydrogen-bond donors (Lipinski definition) is 1. The van der Waals surface area contributed by atoms with Crippen molar-refractivity contribution in [3.05, 3.63) is 57.5 Å². The van der Waals surface area contributed by atoms with Crippen LogP contribution in [0.3, 0.4) is 0 Å². The number of ether oxygens (including phenoxy) is 1. The number of halogens is 3. The Bertz CT molecular complexity index is 813. The van der Waals surface area contributed by atoms with Crippen molar-refractivity contribution in [3.8, 4) is 28.3 Å². The Hall–Kier alpha value is -1.68. The lowest BCUT2D eigenvalue weighted by Crippen LogP contribution is -1.82. The lowest BCUT2D eigenvalue weighted by molar-refractivity contribution is 0.415. The molecule has 6 heteroatoms. The van der Waals surface area contributed by atoms with Gasteiger partial charge in [-0.1, -0.05) is 34.8 Å². The van der Waals surface area contributed by atoms with Crippen LogP contribution in [-0.2, 0) is 0 Å². The van der Waals surface area contributed by atoms with Gasteiger partial charge in [0.2, 0.25) is 0 Å². The summed E-state index contributed by atoms with van der Waals surface area (Å²) in [6.45, 7) is 0. The summed E-state index contributed by atoms with van der Waals surface area (Å²) in [5, 5.41) is 8.64. The molecule has 0 aliphatic carbocycles. The first-order valence-electron chi connectivity index (χ1n) is 6.43. The van der Waals surface area contributed by atoms with Crippen LogP contribution in [0.25, 0.3) is 22.5 Å². The van der Waals surface area contributed by atoms with Crippen LogP contribution in [0.1, 0.15) is 0 Å². The molecule has 0 atom stereocenters. The number of H-pyrrole nitrogens is 1. The molecular weight excluding hydrogens is 343 g/mol. The molecule has 3 nitrogen and oxygen atoms in total. The van der Waals surface area contributed by atoms with Crippen LogP contribution in [0, 0.1) is 0 Å². The highest BCUT2D eigenvalue weighted by atomic mass is 35.5. The van der Waals surface area contributed by atoms with E-state index in [1.807, 2.05) is 30.3 Å². The van der Waals surface area contributed by atoms with Crippen molar-refractivity contribution in [1.82, 2.24) is 10.2 Å². The fraction of sp³-hybridized carbons (Fsp3) is 0.0625. The molecule has 0 aliphatic rings. The molecule has 1 aromatic heterocycles. The smallest absolute Gasteiger partial charge is 0.118 e. The summed E-state index contributed by atoms with van der Waals surface area (Å²) in [4.78, 5) is 0. The molecular formula is C16H11Cl3N2O. The Kier molecular flexibility index (Phi) is 4.30. The van der Waals surface area contributed by atoms with Gasteiger partial charge in [-0.3, -0.25) is 5.10 Å². The molecule has 22 heavy (non-hydrogen) atoms. The van der Waals surface area contributed by atoms with Gasteiger partial charge in [0.15, 0.2) is 0 Å². The van der Waals surface area contributed by atoms with E-state index in [0.717, 1.165) is 22.7 Å². The van der Waals surface area contributed by atoms with E-state index in [1.54, 1.807) is 19.2 Å². The number of nitrogens with one attached hydrogen (secondary N) is 1. The maximum Gasteiger partial charge on any atom is 0.118 e. The summed E-state index contributed by atoms with van der Waals surface area (Å²) >= 11 is 18.3. The van der Waals surface area contributed by atoms with Gasteiger partial charge < -0.3 is 4.74 Å². The number of methoxy groups -OCH3 is 1. The van der Waals surface area contributed by atoms with Gasteiger partial charge in [0.25, 0.3) is 0 Å². The molecule has 0 spiro atoms. The second-order valence-corrected chi connectivity index (χ2v) is 5.87. The third-order valence-electron chi connectivity index (χ3n) is 3.25. The van der Waals surface area contributed by atoms with Crippen molar-refractivity contribution in [3.63, 3.8) is 0 Å². The van der Waals surface area contributed by atoms with E-state index < -0.39 is 0 Å². The van der Waals surface area contributed by atoms with Crippen molar-refractivity contribution in [1.29, 1.82) is 0 Å². The van der Waals surface area contributed by atoms with Gasteiger partial charge >= 0.3 is 0 Å². The number of rotatable bonds is 3. The zero-order chi connectivity index (χ0) is 15.7. The predicted molar refractivity (Wildman–Crippen MR) is 91.0 cm³/mol. The van der Waals surface area contributed by atoms with E-state index in [2.05, 4.69) is 10.2 Å². The molecule has 2 aromatic carbocycles. The van der Waals surface area contributed by atoms with Crippen molar-refractivity contribution < 1.29 is 4.74 Å². The Balaban J connectivity index is 2.00. The Labute approximate surface area is 142 Å². The second kappa shape index (κ2) is 6.21. The zero-order valence-electron chi connectivity index (χ0n) is 11.5. The first-order valence-corrected chi connectivity index (χ1v) is 7.56. The molecule has 3 rings (SSSR count). The van der Waals surface area contributed by atoms with Crippen LogP contribution in [0.2, 0.25) is 15.1 Å². The third kappa shape index (κ3) is 2.93. The van der Waals surface area contributed by atoms with Crippen LogP contribution >= 0.6 is 34.8 Å². The van der Waals surface area contributed by atoms with Crippen molar-refractivity contribution in [2.45, 2.75) is 0 Å². The normalized spacial score (nSPS) is 10.7. The highest BCUT2D eigenvalue weighted by molar-refractivity contribution is 6.45. The van der Waals surface area contributed by atoms with Gasteiger partial charge in [-0.2, -0.15) is 5.10 Å². The Morgan fingerprint density at radius 3 is 2.41 bits per heavy atom. The first kappa shape index (κ1) is 15.2. The second-order valence-electron chi connectivity index (χ2n) is 4.64. The number of nitrogens with zero attached hydrogens (tertiary/aromatic N) is 1. The third-order valence-corrected chi connectivity index (χ3v) is 4.27. The monoisotopic (exact) mass is 352 g/mol. The highest BCUT2D eigenvalue weighted by Crippen LogP contribution is 2.36. The average Bonchev–Trinajstić information content (AvgIpc) is 3.00. The SMILES string of the molecule is COc1ccc(-c2cc(-c3cc(Cl)cc(Cl)c3Cl)[nH]n2)cc1. The summed E-state index contributed by atoms with van der Waals surface area (Å²) in [6, 6.07) is 12.9. The number of aromatic amines is 1.